The van der Waals surface area contributed by atoms with Crippen LogP contribution in [0.1, 0.15) is 22.6 Å². The molecule has 19 heavy (non-hydrogen) atoms. The topological polar surface area (TPSA) is 58.3 Å². The predicted molar refractivity (Wildman–Crippen MR) is 73.8 cm³/mol. The lowest BCUT2D eigenvalue weighted by Crippen LogP contribution is -2.34. The third-order valence-electron chi connectivity index (χ3n) is 3.29. The van der Waals surface area contributed by atoms with E-state index in [-0.39, 0.29) is 12.6 Å². The summed E-state index contributed by atoms with van der Waals surface area (Å²) >= 11 is 0. The SMILES string of the molecule is Cc1noc(C)c1CN[C@@H](CO)Cc1ccccc1. The predicted octanol–water partition coefficient (Wildman–Crippen LogP) is 1.98. The van der Waals surface area contributed by atoms with Crippen molar-refractivity contribution in [1.29, 1.82) is 0 Å². The van der Waals surface area contributed by atoms with Crippen LogP contribution >= 0.6 is 0 Å². The van der Waals surface area contributed by atoms with Crippen LogP contribution in [-0.4, -0.2) is 22.9 Å². The lowest BCUT2D eigenvalue weighted by molar-refractivity contribution is 0.240. The summed E-state index contributed by atoms with van der Waals surface area (Å²) in [6, 6.07) is 10.2. The molecule has 4 nitrogen and oxygen atoms in total. The second-order valence-electron chi connectivity index (χ2n) is 4.75. The van der Waals surface area contributed by atoms with Crippen molar-refractivity contribution < 1.29 is 9.63 Å². The Hall–Kier alpha value is -1.65. The number of nitrogens with one attached hydrogen (secondary N) is 1. The number of benzene rings is 1. The van der Waals surface area contributed by atoms with Gasteiger partial charge in [-0.3, -0.25) is 0 Å². The van der Waals surface area contributed by atoms with Gasteiger partial charge in [-0.15, -0.1) is 0 Å². The molecule has 0 unspecified atom stereocenters. The van der Waals surface area contributed by atoms with E-state index >= 15 is 0 Å². The summed E-state index contributed by atoms with van der Waals surface area (Å²) in [4.78, 5) is 0. The molecule has 0 aliphatic heterocycles. The molecule has 0 saturated heterocycles. The van der Waals surface area contributed by atoms with Crippen molar-refractivity contribution in [2.75, 3.05) is 6.61 Å². The maximum absolute atomic E-state index is 9.45. The van der Waals surface area contributed by atoms with Crippen LogP contribution in [0, 0.1) is 13.8 Å². The van der Waals surface area contributed by atoms with Gasteiger partial charge in [-0.25, -0.2) is 0 Å². The Balaban J connectivity index is 1.93. The van der Waals surface area contributed by atoms with E-state index in [0.29, 0.717) is 6.54 Å². The maximum atomic E-state index is 9.45. The van der Waals surface area contributed by atoms with Gasteiger partial charge < -0.3 is 14.9 Å². The molecular weight excluding hydrogens is 240 g/mol. The van der Waals surface area contributed by atoms with E-state index in [4.69, 9.17) is 4.52 Å². The Morgan fingerprint density at radius 1 is 1.26 bits per heavy atom. The molecule has 2 rings (SSSR count). The number of aromatic nitrogens is 1. The molecule has 0 aliphatic rings. The lowest BCUT2D eigenvalue weighted by atomic mass is 10.1. The molecule has 0 amide bonds. The zero-order chi connectivity index (χ0) is 13.7. The van der Waals surface area contributed by atoms with Gasteiger partial charge >= 0.3 is 0 Å². The standard InChI is InChI=1S/C15H20N2O2/c1-11-15(12(2)19-17-11)9-16-14(10-18)8-13-6-4-3-5-7-13/h3-7,14,16,18H,8-10H2,1-2H3/t14-/m1/s1. The van der Waals surface area contributed by atoms with E-state index < -0.39 is 0 Å². The fourth-order valence-electron chi connectivity index (χ4n) is 2.10. The van der Waals surface area contributed by atoms with Gasteiger partial charge in [0.2, 0.25) is 0 Å². The third-order valence-corrected chi connectivity index (χ3v) is 3.29. The van der Waals surface area contributed by atoms with Gasteiger partial charge in [0, 0.05) is 18.2 Å². The van der Waals surface area contributed by atoms with Gasteiger partial charge in [0.1, 0.15) is 5.76 Å². The molecule has 0 radical (unpaired) electrons. The van der Waals surface area contributed by atoms with Crippen LogP contribution in [0.25, 0.3) is 0 Å². The molecule has 102 valence electrons. The average molecular weight is 260 g/mol. The molecule has 0 bridgehead atoms. The van der Waals surface area contributed by atoms with Gasteiger partial charge in [0.05, 0.1) is 12.3 Å². The minimum Gasteiger partial charge on any atom is -0.395 e. The molecule has 0 aliphatic carbocycles. The fourth-order valence-corrected chi connectivity index (χ4v) is 2.10. The third kappa shape index (κ3) is 3.66. The van der Waals surface area contributed by atoms with E-state index in [1.165, 1.54) is 5.56 Å². The van der Waals surface area contributed by atoms with E-state index in [9.17, 15) is 5.11 Å². The van der Waals surface area contributed by atoms with Gasteiger partial charge in [0.25, 0.3) is 0 Å². The normalized spacial score (nSPS) is 12.6. The first-order valence-electron chi connectivity index (χ1n) is 6.50. The summed E-state index contributed by atoms with van der Waals surface area (Å²) in [6.45, 7) is 4.61. The highest BCUT2D eigenvalue weighted by Crippen LogP contribution is 2.12. The van der Waals surface area contributed by atoms with Crippen molar-refractivity contribution in [2.24, 2.45) is 0 Å². The molecule has 2 N–H and O–H groups in total. The van der Waals surface area contributed by atoms with Crippen LogP contribution in [0.5, 0.6) is 0 Å². The molecular formula is C15H20N2O2. The lowest BCUT2D eigenvalue weighted by Gasteiger charge is -2.16. The van der Waals surface area contributed by atoms with E-state index in [0.717, 1.165) is 23.4 Å². The highest BCUT2D eigenvalue weighted by molar-refractivity contribution is 5.21. The number of aliphatic hydroxyl groups is 1. The minimum absolute atomic E-state index is 0.0381. The van der Waals surface area contributed by atoms with Crippen molar-refractivity contribution in [3.63, 3.8) is 0 Å². The Morgan fingerprint density at radius 2 is 2.00 bits per heavy atom. The Labute approximate surface area is 113 Å². The van der Waals surface area contributed by atoms with Gasteiger partial charge in [-0.05, 0) is 25.8 Å². The first-order chi connectivity index (χ1) is 9.20. The van der Waals surface area contributed by atoms with Crippen LogP contribution < -0.4 is 5.32 Å². The first-order valence-corrected chi connectivity index (χ1v) is 6.50. The smallest absolute Gasteiger partial charge is 0.138 e. The average Bonchev–Trinajstić information content (AvgIpc) is 2.75. The molecule has 1 atom stereocenters. The Morgan fingerprint density at radius 3 is 2.58 bits per heavy atom. The summed E-state index contributed by atoms with van der Waals surface area (Å²) < 4.78 is 5.13. The van der Waals surface area contributed by atoms with Crippen molar-refractivity contribution in [2.45, 2.75) is 32.9 Å². The largest absolute Gasteiger partial charge is 0.395 e. The van der Waals surface area contributed by atoms with Crippen LogP contribution in [-0.2, 0) is 13.0 Å². The zero-order valence-corrected chi connectivity index (χ0v) is 11.4. The highest BCUT2D eigenvalue weighted by atomic mass is 16.5. The molecule has 0 spiro atoms. The van der Waals surface area contributed by atoms with Crippen molar-refractivity contribution in [3.05, 3.63) is 52.9 Å². The maximum Gasteiger partial charge on any atom is 0.138 e. The molecule has 1 aromatic carbocycles. The number of nitrogens with zero attached hydrogens (tertiary/aromatic N) is 1. The van der Waals surface area contributed by atoms with Crippen molar-refractivity contribution in [1.82, 2.24) is 10.5 Å². The first kappa shape index (κ1) is 13.8. The molecule has 1 aromatic heterocycles. The molecule has 0 saturated carbocycles. The highest BCUT2D eigenvalue weighted by Gasteiger charge is 2.12. The summed E-state index contributed by atoms with van der Waals surface area (Å²) in [5.74, 6) is 0.835. The monoisotopic (exact) mass is 260 g/mol. The summed E-state index contributed by atoms with van der Waals surface area (Å²) in [5, 5.41) is 16.7. The summed E-state index contributed by atoms with van der Waals surface area (Å²) in [5.41, 5.74) is 3.20. The van der Waals surface area contributed by atoms with E-state index in [1.54, 1.807) is 0 Å². The van der Waals surface area contributed by atoms with Crippen LogP contribution in [0.4, 0.5) is 0 Å². The number of aryl methyl sites for hydroxylation is 2. The Bertz CT molecular complexity index is 489. The second-order valence-corrected chi connectivity index (χ2v) is 4.75. The molecule has 1 heterocycles. The minimum atomic E-state index is 0.0381. The van der Waals surface area contributed by atoms with Crippen molar-refractivity contribution in [3.8, 4) is 0 Å². The van der Waals surface area contributed by atoms with Crippen LogP contribution in [0.15, 0.2) is 34.9 Å². The van der Waals surface area contributed by atoms with Crippen LogP contribution in [0.3, 0.4) is 0 Å². The quantitative estimate of drug-likeness (QED) is 0.834. The van der Waals surface area contributed by atoms with Gasteiger partial charge in [-0.2, -0.15) is 0 Å². The molecule has 0 fully saturated rings. The van der Waals surface area contributed by atoms with Crippen LogP contribution in [0.2, 0.25) is 0 Å². The summed E-state index contributed by atoms with van der Waals surface area (Å²) in [7, 11) is 0. The molecule has 2 aromatic rings. The number of hydrogen-bond donors (Lipinski definition) is 2. The van der Waals surface area contributed by atoms with E-state index in [1.807, 2.05) is 32.0 Å². The van der Waals surface area contributed by atoms with E-state index in [2.05, 4.69) is 22.6 Å². The van der Waals surface area contributed by atoms with Gasteiger partial charge in [0.15, 0.2) is 0 Å². The molecule has 4 heteroatoms. The Kier molecular flexibility index (Phi) is 4.71. The zero-order valence-electron chi connectivity index (χ0n) is 11.4. The second kappa shape index (κ2) is 6.50. The van der Waals surface area contributed by atoms with Crippen molar-refractivity contribution >= 4 is 0 Å². The van der Waals surface area contributed by atoms with Gasteiger partial charge in [-0.1, -0.05) is 35.5 Å². The fraction of sp³-hybridized carbons (Fsp3) is 0.400. The number of hydrogen-bond acceptors (Lipinski definition) is 4. The summed E-state index contributed by atoms with van der Waals surface area (Å²) in [6.07, 6.45) is 0.806. The number of rotatable bonds is 6. The number of aliphatic hydroxyl groups excluding tert-OH is 1.